The number of amides is 1. The molecule has 1 amide bonds. The van der Waals surface area contributed by atoms with Gasteiger partial charge < -0.3 is 15.8 Å². The van der Waals surface area contributed by atoms with Gasteiger partial charge in [0.05, 0.1) is 19.2 Å². The van der Waals surface area contributed by atoms with Crippen molar-refractivity contribution >= 4 is 5.91 Å². The second-order valence-electron chi connectivity index (χ2n) is 4.64. The van der Waals surface area contributed by atoms with Crippen molar-refractivity contribution in [2.45, 2.75) is 45.2 Å². The molecule has 19 heavy (non-hydrogen) atoms. The molecule has 0 bridgehead atoms. The topological polar surface area (TPSA) is 64.4 Å². The molecular formula is C15H24N2O2. The molecule has 0 aliphatic heterocycles. The first-order chi connectivity index (χ1) is 9.12. The van der Waals surface area contributed by atoms with E-state index < -0.39 is 6.04 Å². The number of hydrogen-bond acceptors (Lipinski definition) is 3. The number of nitrogens with one attached hydrogen (secondary N) is 1. The molecule has 1 unspecified atom stereocenters. The van der Waals surface area contributed by atoms with Gasteiger partial charge >= 0.3 is 0 Å². The summed E-state index contributed by atoms with van der Waals surface area (Å²) in [6.07, 6.45) is 2.45. The van der Waals surface area contributed by atoms with Crippen molar-refractivity contribution in [2.24, 2.45) is 5.73 Å². The molecule has 0 aliphatic rings. The molecular weight excluding hydrogens is 240 g/mol. The van der Waals surface area contributed by atoms with Gasteiger partial charge in [0.2, 0.25) is 5.91 Å². The first kappa shape index (κ1) is 15.5. The summed E-state index contributed by atoms with van der Waals surface area (Å²) in [5, 5.41) is 3.00. The summed E-state index contributed by atoms with van der Waals surface area (Å²) in [5.74, 6) is 0.733. The van der Waals surface area contributed by atoms with Gasteiger partial charge in [0.25, 0.3) is 0 Å². The van der Waals surface area contributed by atoms with Crippen molar-refractivity contribution in [3.63, 3.8) is 0 Å². The molecule has 1 aromatic carbocycles. The van der Waals surface area contributed by atoms with Crippen LogP contribution in [0, 0.1) is 0 Å². The van der Waals surface area contributed by atoms with Crippen molar-refractivity contribution in [3.8, 4) is 5.75 Å². The van der Waals surface area contributed by atoms with Gasteiger partial charge in [-0.15, -0.1) is 0 Å². The van der Waals surface area contributed by atoms with Gasteiger partial charge in [-0.1, -0.05) is 32.4 Å². The SMILES string of the molecule is CCC[C@@H](N)C(=O)NC(CC)c1ccc(OC)cc1. The summed E-state index contributed by atoms with van der Waals surface area (Å²) in [7, 11) is 1.64. The highest BCUT2D eigenvalue weighted by Gasteiger charge is 2.17. The molecule has 2 atom stereocenters. The van der Waals surface area contributed by atoms with E-state index in [0.717, 1.165) is 24.2 Å². The lowest BCUT2D eigenvalue weighted by Crippen LogP contribution is -2.42. The van der Waals surface area contributed by atoms with Crippen LogP contribution in [0.2, 0.25) is 0 Å². The Hall–Kier alpha value is -1.55. The van der Waals surface area contributed by atoms with E-state index in [2.05, 4.69) is 5.32 Å². The summed E-state index contributed by atoms with van der Waals surface area (Å²) in [6, 6.07) is 7.32. The number of carbonyl (C=O) groups is 1. The number of hydrogen-bond donors (Lipinski definition) is 2. The lowest BCUT2D eigenvalue weighted by molar-refractivity contribution is -0.123. The normalized spacial score (nSPS) is 13.7. The van der Waals surface area contributed by atoms with Crippen LogP contribution < -0.4 is 15.8 Å². The van der Waals surface area contributed by atoms with E-state index >= 15 is 0 Å². The summed E-state index contributed by atoms with van der Waals surface area (Å²) in [6.45, 7) is 4.06. The van der Waals surface area contributed by atoms with Crippen LogP contribution in [0.3, 0.4) is 0 Å². The lowest BCUT2D eigenvalue weighted by Gasteiger charge is -2.20. The van der Waals surface area contributed by atoms with Crippen molar-refractivity contribution in [3.05, 3.63) is 29.8 Å². The molecule has 3 N–H and O–H groups in total. The molecule has 0 fully saturated rings. The Labute approximate surface area is 115 Å². The highest BCUT2D eigenvalue weighted by atomic mass is 16.5. The highest BCUT2D eigenvalue weighted by Crippen LogP contribution is 2.20. The molecule has 106 valence electrons. The molecule has 1 aromatic rings. The number of nitrogens with two attached hydrogens (primary N) is 1. The number of ether oxygens (including phenoxy) is 1. The van der Waals surface area contributed by atoms with Crippen molar-refractivity contribution in [1.82, 2.24) is 5.32 Å². The van der Waals surface area contributed by atoms with Gasteiger partial charge in [0, 0.05) is 0 Å². The second-order valence-corrected chi connectivity index (χ2v) is 4.64. The maximum absolute atomic E-state index is 11.9. The second kappa shape index (κ2) is 7.79. The molecule has 1 rings (SSSR count). The zero-order chi connectivity index (χ0) is 14.3. The van der Waals surface area contributed by atoms with E-state index in [0.29, 0.717) is 6.42 Å². The number of methoxy groups -OCH3 is 1. The molecule has 0 aromatic heterocycles. The van der Waals surface area contributed by atoms with Crippen LogP contribution in [0.15, 0.2) is 24.3 Å². The van der Waals surface area contributed by atoms with Crippen LogP contribution in [-0.2, 0) is 4.79 Å². The van der Waals surface area contributed by atoms with Crippen molar-refractivity contribution < 1.29 is 9.53 Å². The van der Waals surface area contributed by atoms with Gasteiger partial charge in [-0.3, -0.25) is 4.79 Å². The third-order valence-electron chi connectivity index (χ3n) is 3.18. The van der Waals surface area contributed by atoms with E-state index in [9.17, 15) is 4.79 Å². The Kier molecular flexibility index (Phi) is 6.36. The Bertz CT molecular complexity index is 390. The van der Waals surface area contributed by atoms with Gasteiger partial charge in [-0.2, -0.15) is 0 Å². The molecule has 0 radical (unpaired) electrons. The largest absolute Gasteiger partial charge is 0.497 e. The molecule has 4 nitrogen and oxygen atoms in total. The molecule has 0 heterocycles. The van der Waals surface area contributed by atoms with Crippen LogP contribution >= 0.6 is 0 Å². The fourth-order valence-electron chi connectivity index (χ4n) is 1.98. The number of benzene rings is 1. The fourth-order valence-corrected chi connectivity index (χ4v) is 1.98. The van der Waals surface area contributed by atoms with Crippen LogP contribution in [0.4, 0.5) is 0 Å². The van der Waals surface area contributed by atoms with Crippen LogP contribution in [-0.4, -0.2) is 19.1 Å². The number of carbonyl (C=O) groups excluding carboxylic acids is 1. The zero-order valence-corrected chi connectivity index (χ0v) is 12.0. The highest BCUT2D eigenvalue weighted by molar-refractivity contribution is 5.81. The Morgan fingerprint density at radius 2 is 1.95 bits per heavy atom. The van der Waals surface area contributed by atoms with E-state index in [1.54, 1.807) is 7.11 Å². The third-order valence-corrected chi connectivity index (χ3v) is 3.18. The van der Waals surface area contributed by atoms with E-state index in [-0.39, 0.29) is 11.9 Å². The van der Waals surface area contributed by atoms with Crippen LogP contribution in [0.5, 0.6) is 5.75 Å². The fraction of sp³-hybridized carbons (Fsp3) is 0.533. The standard InChI is InChI=1S/C15H24N2O2/c1-4-6-13(16)15(18)17-14(5-2)11-7-9-12(19-3)10-8-11/h7-10,13-14H,4-6,16H2,1-3H3,(H,17,18)/t13-,14?/m1/s1. The van der Waals surface area contributed by atoms with E-state index in [4.69, 9.17) is 10.5 Å². The van der Waals surface area contributed by atoms with Gasteiger partial charge in [0.1, 0.15) is 5.75 Å². The summed E-state index contributed by atoms with van der Waals surface area (Å²) in [5.41, 5.74) is 6.89. The average Bonchev–Trinajstić information content (AvgIpc) is 2.45. The first-order valence-electron chi connectivity index (χ1n) is 6.82. The molecule has 0 saturated heterocycles. The summed E-state index contributed by atoms with van der Waals surface area (Å²) < 4.78 is 5.13. The summed E-state index contributed by atoms with van der Waals surface area (Å²) >= 11 is 0. The van der Waals surface area contributed by atoms with Crippen LogP contribution in [0.1, 0.15) is 44.7 Å². The Balaban J connectivity index is 2.69. The minimum absolute atomic E-state index is 0.00122. The predicted octanol–water partition coefficient (Wildman–Crippen LogP) is 2.39. The number of rotatable bonds is 7. The van der Waals surface area contributed by atoms with Gasteiger partial charge in [-0.25, -0.2) is 0 Å². The van der Waals surface area contributed by atoms with E-state index in [1.165, 1.54) is 0 Å². The molecule has 0 saturated carbocycles. The maximum Gasteiger partial charge on any atom is 0.237 e. The van der Waals surface area contributed by atoms with Crippen LogP contribution in [0.25, 0.3) is 0 Å². The van der Waals surface area contributed by atoms with Crippen molar-refractivity contribution in [2.75, 3.05) is 7.11 Å². The van der Waals surface area contributed by atoms with E-state index in [1.807, 2.05) is 38.1 Å². The monoisotopic (exact) mass is 264 g/mol. The smallest absolute Gasteiger partial charge is 0.237 e. The predicted molar refractivity (Wildman–Crippen MR) is 77.1 cm³/mol. The molecule has 0 aliphatic carbocycles. The molecule has 4 heteroatoms. The zero-order valence-electron chi connectivity index (χ0n) is 12.0. The lowest BCUT2D eigenvalue weighted by atomic mass is 10.0. The Morgan fingerprint density at radius 3 is 2.42 bits per heavy atom. The van der Waals surface area contributed by atoms with Gasteiger partial charge in [-0.05, 0) is 30.5 Å². The minimum Gasteiger partial charge on any atom is -0.497 e. The quantitative estimate of drug-likeness (QED) is 0.794. The Morgan fingerprint density at radius 1 is 1.32 bits per heavy atom. The summed E-state index contributed by atoms with van der Waals surface area (Å²) in [4.78, 5) is 11.9. The minimum atomic E-state index is -0.419. The first-order valence-corrected chi connectivity index (χ1v) is 6.82. The van der Waals surface area contributed by atoms with Crippen molar-refractivity contribution in [1.29, 1.82) is 0 Å². The maximum atomic E-state index is 11.9. The third kappa shape index (κ3) is 4.56. The average molecular weight is 264 g/mol. The molecule has 0 spiro atoms. The van der Waals surface area contributed by atoms with Gasteiger partial charge in [0.15, 0.2) is 0 Å².